The lowest BCUT2D eigenvalue weighted by Crippen LogP contribution is -2.22. The maximum Gasteiger partial charge on any atom is 0.264 e. The Morgan fingerprint density at radius 1 is 1.21 bits per heavy atom. The van der Waals surface area contributed by atoms with Gasteiger partial charge in [-0.3, -0.25) is 4.18 Å². The molecule has 0 aliphatic carbocycles. The molecule has 0 N–H and O–H groups in total. The summed E-state index contributed by atoms with van der Waals surface area (Å²) in [5.41, 5.74) is 2.82. The minimum atomic E-state index is -3.50. The van der Waals surface area contributed by atoms with Crippen LogP contribution in [0.3, 0.4) is 0 Å². The van der Waals surface area contributed by atoms with Crippen molar-refractivity contribution in [3.63, 3.8) is 0 Å². The van der Waals surface area contributed by atoms with Crippen LogP contribution in [0, 0.1) is 0 Å². The second-order valence-corrected chi connectivity index (χ2v) is 13.6. The molecule has 1 aliphatic rings. The average Bonchev–Trinajstić information content (AvgIpc) is 3.41. The fraction of sp³-hybridized carbons (Fsp3) is 0.391. The number of hydrogen-bond donors (Lipinski definition) is 0. The first-order valence-corrected chi connectivity index (χ1v) is 16.1. The van der Waals surface area contributed by atoms with Gasteiger partial charge >= 0.3 is 0 Å². The van der Waals surface area contributed by atoms with Gasteiger partial charge in [0.15, 0.2) is 0 Å². The highest BCUT2D eigenvalue weighted by Gasteiger charge is 2.25. The van der Waals surface area contributed by atoms with E-state index in [4.69, 9.17) is 18.4 Å². The summed E-state index contributed by atoms with van der Waals surface area (Å²) in [5.74, 6) is 1.68. The fourth-order valence-corrected chi connectivity index (χ4v) is 4.54. The Kier molecular flexibility index (Phi) is 7.66. The molecular formula is C23H29N3O6SSi. The zero-order valence-corrected chi connectivity index (χ0v) is 21.5. The molecule has 3 aromatic rings. The summed E-state index contributed by atoms with van der Waals surface area (Å²) in [6.07, 6.45) is 4.75. The molecule has 3 heterocycles. The summed E-state index contributed by atoms with van der Waals surface area (Å²) in [6.45, 7) is 5.76. The van der Waals surface area contributed by atoms with Gasteiger partial charge in [0.05, 0.1) is 11.9 Å². The molecule has 0 saturated carbocycles. The molecule has 0 unspecified atom stereocenters. The second kappa shape index (κ2) is 10.7. The molecule has 2 aromatic heterocycles. The fourth-order valence-electron chi connectivity index (χ4n) is 3.50. The van der Waals surface area contributed by atoms with Gasteiger partial charge in [-0.05, 0) is 29.8 Å². The summed E-state index contributed by atoms with van der Waals surface area (Å²) in [4.78, 5) is 4.43. The van der Waals surface area contributed by atoms with E-state index >= 15 is 0 Å². The lowest BCUT2D eigenvalue weighted by molar-refractivity contribution is 0.0801. The van der Waals surface area contributed by atoms with Gasteiger partial charge in [0.2, 0.25) is 5.88 Å². The van der Waals surface area contributed by atoms with Crippen molar-refractivity contribution < 1.29 is 26.8 Å². The van der Waals surface area contributed by atoms with Crippen LogP contribution in [0.15, 0.2) is 48.8 Å². The van der Waals surface area contributed by atoms with Crippen molar-refractivity contribution in [2.45, 2.75) is 38.4 Å². The summed E-state index contributed by atoms with van der Waals surface area (Å²) < 4.78 is 46.5. The smallest absolute Gasteiger partial charge is 0.264 e. The molecule has 34 heavy (non-hydrogen) atoms. The zero-order chi connectivity index (χ0) is 24.1. The van der Waals surface area contributed by atoms with Gasteiger partial charge < -0.3 is 14.2 Å². The van der Waals surface area contributed by atoms with Crippen molar-refractivity contribution >= 4 is 18.9 Å². The van der Waals surface area contributed by atoms with Gasteiger partial charge in [0, 0.05) is 51.9 Å². The lowest BCUT2D eigenvalue weighted by Gasteiger charge is -2.11. The largest absolute Gasteiger partial charge is 0.487 e. The number of nitrogens with zero attached hydrogens (tertiary/aromatic N) is 3. The van der Waals surface area contributed by atoms with Gasteiger partial charge in [-0.15, -0.1) is 0 Å². The highest BCUT2D eigenvalue weighted by Crippen LogP contribution is 2.34. The monoisotopic (exact) mass is 503 g/mol. The van der Waals surface area contributed by atoms with E-state index in [0.29, 0.717) is 30.5 Å². The van der Waals surface area contributed by atoms with Crippen LogP contribution >= 0.6 is 0 Å². The molecule has 1 atom stereocenters. The number of hydrogen-bond acceptors (Lipinski definition) is 8. The minimum absolute atomic E-state index is 0.0200. The molecule has 4 rings (SSSR count). The van der Waals surface area contributed by atoms with Crippen LogP contribution in [0.1, 0.15) is 5.56 Å². The third-order valence-corrected chi connectivity index (χ3v) is 7.23. The van der Waals surface area contributed by atoms with E-state index < -0.39 is 18.9 Å². The molecule has 9 nitrogen and oxygen atoms in total. The molecule has 1 aromatic carbocycles. The maximum atomic E-state index is 11.2. The van der Waals surface area contributed by atoms with E-state index in [2.05, 4.69) is 23.2 Å². The van der Waals surface area contributed by atoms with Crippen molar-refractivity contribution in [2.24, 2.45) is 0 Å². The predicted octanol–water partition coefficient (Wildman–Crippen LogP) is 3.48. The molecule has 0 fully saturated rings. The molecule has 0 bridgehead atoms. The number of fused-ring (bicyclic) bond motifs is 1. The predicted molar refractivity (Wildman–Crippen MR) is 131 cm³/mol. The Balaban J connectivity index is 1.35. The van der Waals surface area contributed by atoms with Gasteiger partial charge in [0.25, 0.3) is 10.1 Å². The summed E-state index contributed by atoms with van der Waals surface area (Å²) in [5, 5.41) is 4.35. The molecule has 0 saturated heterocycles. The normalized spacial score (nSPS) is 15.4. The van der Waals surface area contributed by atoms with Crippen LogP contribution in [-0.2, 0) is 32.2 Å². The van der Waals surface area contributed by atoms with Crippen LogP contribution in [0.4, 0.5) is 0 Å². The Morgan fingerprint density at radius 2 is 2.06 bits per heavy atom. The summed E-state index contributed by atoms with van der Waals surface area (Å²) in [7, 11) is -4.12. The first-order chi connectivity index (χ1) is 16.3. The number of rotatable bonds is 11. The first-order valence-electron chi connectivity index (χ1n) is 11.1. The third-order valence-electron chi connectivity index (χ3n) is 5.27. The van der Waals surface area contributed by atoms with Crippen molar-refractivity contribution in [1.82, 2.24) is 14.8 Å². The van der Waals surface area contributed by atoms with E-state index in [1.54, 1.807) is 24.5 Å². The number of benzene rings is 1. The highest BCUT2D eigenvalue weighted by atomic mass is 32.2. The molecule has 0 spiro atoms. The quantitative estimate of drug-likeness (QED) is 0.223. The first kappa shape index (κ1) is 24.4. The van der Waals surface area contributed by atoms with Crippen LogP contribution < -0.4 is 9.47 Å². The Bertz CT molecular complexity index is 1210. The van der Waals surface area contributed by atoms with E-state index in [9.17, 15) is 8.42 Å². The summed E-state index contributed by atoms with van der Waals surface area (Å²) >= 11 is 0. The van der Waals surface area contributed by atoms with Gasteiger partial charge in [-0.1, -0.05) is 19.2 Å². The highest BCUT2D eigenvalue weighted by molar-refractivity contribution is 7.85. The standard InChI is InChI=1S/C23H29N3O6SSi/c1-33(27,28)30-15-20-12-17-4-6-19(13-22(17)31-20)32-23-7-5-18(14-24-23)21-8-9-25-26(21)16-29-10-11-34(2)3/h4-9,13-14,20,34H,10-12,15-16H2,1-3H3/t20-/m0/s1. The molecular weight excluding hydrogens is 474 g/mol. The number of aromatic nitrogens is 3. The van der Waals surface area contributed by atoms with Gasteiger partial charge in [0.1, 0.15) is 30.9 Å². The topological polar surface area (TPSA) is 102 Å². The Hall–Kier alpha value is -2.73. The molecule has 182 valence electrons. The van der Waals surface area contributed by atoms with Crippen LogP contribution in [0.25, 0.3) is 11.3 Å². The minimum Gasteiger partial charge on any atom is -0.487 e. The lowest BCUT2D eigenvalue weighted by atomic mass is 10.1. The molecule has 1 aliphatic heterocycles. The van der Waals surface area contributed by atoms with Crippen LogP contribution in [0.5, 0.6) is 17.4 Å². The number of ether oxygens (including phenoxy) is 3. The van der Waals surface area contributed by atoms with Gasteiger partial charge in [-0.25, -0.2) is 9.67 Å². The summed E-state index contributed by atoms with van der Waals surface area (Å²) in [6, 6.07) is 12.3. The van der Waals surface area contributed by atoms with Crippen molar-refractivity contribution in [1.29, 1.82) is 0 Å². The van der Waals surface area contributed by atoms with E-state index in [1.807, 2.05) is 28.9 Å². The third kappa shape index (κ3) is 6.66. The molecule has 0 amide bonds. The molecule has 11 heteroatoms. The SMILES string of the molecule is C[SiH](C)CCOCn1nccc1-c1ccc(Oc2ccc3c(c2)O[C@H](COS(C)(=O)=O)C3)nc1. The Labute approximate surface area is 201 Å². The van der Waals surface area contributed by atoms with E-state index in [1.165, 1.54) is 0 Å². The van der Waals surface area contributed by atoms with Crippen molar-refractivity contribution in [3.05, 3.63) is 54.4 Å². The van der Waals surface area contributed by atoms with E-state index in [-0.39, 0.29) is 12.7 Å². The number of pyridine rings is 1. The molecule has 0 radical (unpaired) electrons. The zero-order valence-electron chi connectivity index (χ0n) is 19.5. The van der Waals surface area contributed by atoms with Crippen LogP contribution in [-0.4, -0.2) is 57.6 Å². The second-order valence-electron chi connectivity index (χ2n) is 8.63. The maximum absolute atomic E-state index is 11.2. The van der Waals surface area contributed by atoms with E-state index in [0.717, 1.165) is 35.7 Å². The van der Waals surface area contributed by atoms with Crippen molar-refractivity contribution in [2.75, 3.05) is 19.5 Å². The average molecular weight is 504 g/mol. The van der Waals surface area contributed by atoms with Crippen LogP contribution in [0.2, 0.25) is 19.1 Å². The van der Waals surface area contributed by atoms with Crippen molar-refractivity contribution in [3.8, 4) is 28.6 Å². The Morgan fingerprint density at radius 3 is 2.79 bits per heavy atom. The van der Waals surface area contributed by atoms with Gasteiger partial charge in [-0.2, -0.15) is 13.5 Å².